The average molecular weight is 379 g/mol. The van der Waals surface area contributed by atoms with Crippen molar-refractivity contribution in [1.29, 1.82) is 0 Å². The van der Waals surface area contributed by atoms with Gasteiger partial charge in [0.2, 0.25) is 5.91 Å². The molecule has 0 saturated heterocycles. The van der Waals surface area contributed by atoms with Crippen LogP contribution in [-0.2, 0) is 17.8 Å². The van der Waals surface area contributed by atoms with Gasteiger partial charge >= 0.3 is 0 Å². The molecule has 0 aliphatic rings. The molecule has 0 unspecified atom stereocenters. The zero-order chi connectivity index (χ0) is 19.5. The number of nitrogens with zero attached hydrogens (tertiary/aromatic N) is 3. The van der Waals surface area contributed by atoms with Gasteiger partial charge in [-0.25, -0.2) is 14.4 Å². The number of aryl methyl sites for hydroxylation is 1. The summed E-state index contributed by atoms with van der Waals surface area (Å²) in [6.45, 7) is 0.295. The average Bonchev–Trinajstić information content (AvgIpc) is 3.11. The molecule has 0 atom stereocenters. The molecule has 0 aliphatic carbocycles. The monoisotopic (exact) mass is 379 g/mol. The van der Waals surface area contributed by atoms with Crippen LogP contribution in [-0.4, -0.2) is 32.0 Å². The van der Waals surface area contributed by atoms with Gasteiger partial charge in [0.25, 0.3) is 5.56 Å². The number of amides is 1. The van der Waals surface area contributed by atoms with Crippen LogP contribution >= 0.6 is 0 Å². The van der Waals surface area contributed by atoms with Crippen LogP contribution < -0.4 is 10.9 Å². The Kier molecular flexibility index (Phi) is 4.84. The van der Waals surface area contributed by atoms with E-state index in [0.717, 1.165) is 22.9 Å². The van der Waals surface area contributed by atoms with Gasteiger partial charge in [-0.05, 0) is 36.8 Å². The van der Waals surface area contributed by atoms with Gasteiger partial charge in [0.1, 0.15) is 18.2 Å². The quantitative estimate of drug-likeness (QED) is 0.502. The van der Waals surface area contributed by atoms with E-state index in [1.54, 1.807) is 0 Å². The fourth-order valence-corrected chi connectivity index (χ4v) is 3.06. The number of imidazole rings is 1. The molecule has 2 heterocycles. The Morgan fingerprint density at radius 3 is 2.89 bits per heavy atom. The summed E-state index contributed by atoms with van der Waals surface area (Å²) in [7, 11) is 0. The molecular formula is C20H18FN5O2. The summed E-state index contributed by atoms with van der Waals surface area (Å²) in [6, 6.07) is 11.6. The molecule has 2 aromatic carbocycles. The van der Waals surface area contributed by atoms with Gasteiger partial charge in [-0.15, -0.1) is 0 Å². The summed E-state index contributed by atoms with van der Waals surface area (Å²) in [5.74, 6) is 0.0517. The molecule has 8 heteroatoms. The lowest BCUT2D eigenvalue weighted by atomic mass is 10.2. The number of carbonyl (C=O) groups is 1. The fourth-order valence-electron chi connectivity index (χ4n) is 3.06. The second kappa shape index (κ2) is 7.59. The van der Waals surface area contributed by atoms with Crippen molar-refractivity contribution in [3.8, 4) is 0 Å². The van der Waals surface area contributed by atoms with Gasteiger partial charge in [-0.2, -0.15) is 0 Å². The van der Waals surface area contributed by atoms with E-state index in [0.29, 0.717) is 24.9 Å². The molecule has 0 fully saturated rings. The number of rotatable bonds is 6. The summed E-state index contributed by atoms with van der Waals surface area (Å²) in [5.41, 5.74) is 1.86. The highest BCUT2D eigenvalue weighted by Gasteiger charge is 2.09. The van der Waals surface area contributed by atoms with Gasteiger partial charge in [0.05, 0.1) is 28.3 Å². The first-order valence-electron chi connectivity index (χ1n) is 8.95. The third-order valence-electron chi connectivity index (χ3n) is 4.45. The van der Waals surface area contributed by atoms with Crippen molar-refractivity contribution in [3.63, 3.8) is 0 Å². The largest absolute Gasteiger partial charge is 0.355 e. The number of hydrogen-bond acceptors (Lipinski definition) is 4. The minimum Gasteiger partial charge on any atom is -0.355 e. The standard InChI is InChI=1S/C20H18FN5O2/c21-13-7-8-15-14(10-13)20(28)26(12-23-15)11-19(27)22-9-3-6-18-24-16-4-1-2-5-17(16)25-18/h1-2,4-5,7-8,10,12H,3,6,9,11H2,(H,22,27)(H,24,25). The van der Waals surface area contributed by atoms with Crippen LogP contribution in [0.1, 0.15) is 12.2 Å². The third-order valence-corrected chi connectivity index (χ3v) is 4.45. The number of benzene rings is 2. The Morgan fingerprint density at radius 1 is 1.18 bits per heavy atom. The second-order valence-electron chi connectivity index (χ2n) is 6.49. The number of aromatic amines is 1. The Morgan fingerprint density at radius 2 is 2.04 bits per heavy atom. The van der Waals surface area contributed by atoms with Crippen molar-refractivity contribution < 1.29 is 9.18 Å². The maximum Gasteiger partial charge on any atom is 0.261 e. The van der Waals surface area contributed by atoms with E-state index in [1.165, 1.54) is 23.0 Å². The highest BCUT2D eigenvalue weighted by molar-refractivity contribution is 5.79. The molecule has 7 nitrogen and oxygen atoms in total. The Hall–Kier alpha value is -3.55. The SMILES string of the molecule is O=C(Cn1cnc2ccc(F)cc2c1=O)NCCCc1nc2ccccc2[nH]1. The molecule has 4 rings (SSSR count). The number of carbonyl (C=O) groups excluding carboxylic acids is 1. The summed E-state index contributed by atoms with van der Waals surface area (Å²) in [4.78, 5) is 36.3. The molecule has 1 amide bonds. The van der Waals surface area contributed by atoms with Crippen molar-refractivity contribution in [1.82, 2.24) is 24.8 Å². The van der Waals surface area contributed by atoms with Crippen LogP contribution in [0.2, 0.25) is 0 Å². The van der Waals surface area contributed by atoms with Crippen molar-refractivity contribution in [3.05, 3.63) is 70.8 Å². The summed E-state index contributed by atoms with van der Waals surface area (Å²) in [6.07, 6.45) is 2.71. The second-order valence-corrected chi connectivity index (χ2v) is 6.49. The molecular weight excluding hydrogens is 361 g/mol. The van der Waals surface area contributed by atoms with Gasteiger partial charge in [0.15, 0.2) is 0 Å². The number of halogens is 1. The van der Waals surface area contributed by atoms with E-state index in [4.69, 9.17) is 0 Å². The van der Waals surface area contributed by atoms with Crippen molar-refractivity contribution >= 4 is 27.8 Å². The van der Waals surface area contributed by atoms with Crippen molar-refractivity contribution in [2.45, 2.75) is 19.4 Å². The first-order chi connectivity index (χ1) is 13.6. The first-order valence-corrected chi connectivity index (χ1v) is 8.95. The molecule has 0 saturated carbocycles. The van der Waals surface area contributed by atoms with Crippen LogP contribution in [0.3, 0.4) is 0 Å². The normalized spacial score (nSPS) is 11.2. The number of fused-ring (bicyclic) bond motifs is 2. The van der Waals surface area contributed by atoms with Gasteiger partial charge in [-0.3, -0.25) is 14.2 Å². The van der Waals surface area contributed by atoms with Crippen molar-refractivity contribution in [2.75, 3.05) is 6.54 Å². The number of aromatic nitrogens is 4. The Labute approximate surface area is 159 Å². The minimum atomic E-state index is -0.515. The van der Waals surface area contributed by atoms with Crippen LogP contribution in [0.4, 0.5) is 4.39 Å². The first kappa shape index (κ1) is 17.8. The third kappa shape index (κ3) is 3.75. The molecule has 2 N–H and O–H groups in total. The lowest BCUT2D eigenvalue weighted by molar-refractivity contribution is -0.121. The Balaban J connectivity index is 1.32. The highest BCUT2D eigenvalue weighted by Crippen LogP contribution is 2.11. The molecule has 4 aromatic rings. The van der Waals surface area contributed by atoms with E-state index in [9.17, 15) is 14.0 Å². The van der Waals surface area contributed by atoms with Gasteiger partial charge in [0, 0.05) is 13.0 Å². The topological polar surface area (TPSA) is 92.7 Å². The molecule has 0 aliphatic heterocycles. The molecule has 0 spiro atoms. The van der Waals surface area contributed by atoms with E-state index >= 15 is 0 Å². The zero-order valence-corrected chi connectivity index (χ0v) is 15.0. The van der Waals surface area contributed by atoms with Gasteiger partial charge in [-0.1, -0.05) is 12.1 Å². The van der Waals surface area contributed by atoms with Crippen LogP contribution in [0.5, 0.6) is 0 Å². The maximum absolute atomic E-state index is 13.4. The van der Waals surface area contributed by atoms with Crippen LogP contribution in [0.25, 0.3) is 21.9 Å². The summed E-state index contributed by atoms with van der Waals surface area (Å²) < 4.78 is 14.5. The molecule has 2 aromatic heterocycles. The van der Waals surface area contributed by atoms with Gasteiger partial charge < -0.3 is 10.3 Å². The zero-order valence-electron chi connectivity index (χ0n) is 15.0. The van der Waals surface area contributed by atoms with Crippen LogP contribution in [0.15, 0.2) is 53.6 Å². The molecule has 0 bridgehead atoms. The number of H-pyrrole nitrogens is 1. The Bertz CT molecular complexity index is 1180. The minimum absolute atomic E-state index is 0.153. The number of para-hydroxylation sites is 2. The smallest absolute Gasteiger partial charge is 0.261 e. The lowest BCUT2D eigenvalue weighted by Gasteiger charge is -2.08. The van der Waals surface area contributed by atoms with E-state index in [1.807, 2.05) is 24.3 Å². The number of nitrogens with one attached hydrogen (secondary N) is 2. The summed E-state index contributed by atoms with van der Waals surface area (Å²) >= 11 is 0. The summed E-state index contributed by atoms with van der Waals surface area (Å²) in [5, 5.41) is 2.93. The number of hydrogen-bond donors (Lipinski definition) is 2. The van der Waals surface area contributed by atoms with E-state index < -0.39 is 11.4 Å². The predicted molar refractivity (Wildman–Crippen MR) is 103 cm³/mol. The van der Waals surface area contributed by atoms with E-state index in [2.05, 4.69) is 20.3 Å². The maximum atomic E-state index is 13.4. The lowest BCUT2D eigenvalue weighted by Crippen LogP contribution is -2.33. The van der Waals surface area contributed by atoms with E-state index in [-0.39, 0.29) is 17.8 Å². The molecule has 142 valence electrons. The fraction of sp³-hybridized carbons (Fsp3) is 0.200. The van der Waals surface area contributed by atoms with Crippen LogP contribution in [0, 0.1) is 5.82 Å². The van der Waals surface area contributed by atoms with Crippen molar-refractivity contribution in [2.24, 2.45) is 0 Å². The molecule has 28 heavy (non-hydrogen) atoms. The molecule has 0 radical (unpaired) electrons. The highest BCUT2D eigenvalue weighted by atomic mass is 19.1. The predicted octanol–water partition coefficient (Wildman–Crippen LogP) is 2.16.